The molecule has 1 heterocycles. The van der Waals surface area contributed by atoms with E-state index in [9.17, 15) is 13.2 Å². The van der Waals surface area contributed by atoms with Crippen LogP contribution in [0.15, 0.2) is 11.0 Å². The molecule has 0 aliphatic carbocycles. The van der Waals surface area contributed by atoms with Crippen molar-refractivity contribution in [2.24, 2.45) is 5.92 Å². The van der Waals surface area contributed by atoms with E-state index in [1.54, 1.807) is 13.0 Å². The number of sulfonamides is 1. The predicted molar refractivity (Wildman–Crippen MR) is 75.0 cm³/mol. The summed E-state index contributed by atoms with van der Waals surface area (Å²) in [6.07, 6.45) is 0.513. The topological polar surface area (TPSA) is 83.5 Å². The molecule has 0 aromatic carbocycles. The average Bonchev–Trinajstić information content (AvgIpc) is 2.64. The first kappa shape index (κ1) is 16.1. The molecular weight excluding hydrogens is 286 g/mol. The largest absolute Gasteiger partial charge is 0.481 e. The lowest BCUT2D eigenvalue weighted by molar-refractivity contribution is -0.137. The van der Waals surface area contributed by atoms with E-state index in [-0.39, 0.29) is 18.9 Å². The van der Waals surface area contributed by atoms with E-state index in [1.165, 1.54) is 11.3 Å². The maximum absolute atomic E-state index is 12.1. The first-order chi connectivity index (χ1) is 8.72. The minimum Gasteiger partial charge on any atom is -0.481 e. The molecule has 0 fully saturated rings. The molecule has 19 heavy (non-hydrogen) atoms. The van der Waals surface area contributed by atoms with E-state index < -0.39 is 16.0 Å². The smallest absolute Gasteiger partial charge is 0.303 e. The monoisotopic (exact) mass is 305 g/mol. The molecule has 0 saturated heterocycles. The maximum Gasteiger partial charge on any atom is 0.303 e. The van der Waals surface area contributed by atoms with Crippen LogP contribution in [0.5, 0.6) is 0 Å². The number of carboxylic acids is 1. The van der Waals surface area contributed by atoms with Gasteiger partial charge < -0.3 is 5.11 Å². The lowest BCUT2D eigenvalue weighted by Gasteiger charge is -2.11. The summed E-state index contributed by atoms with van der Waals surface area (Å²) in [6.45, 7) is 5.73. The fourth-order valence-corrected chi connectivity index (χ4v) is 4.39. The van der Waals surface area contributed by atoms with Gasteiger partial charge in [0, 0.05) is 22.7 Å². The fourth-order valence-electron chi connectivity index (χ4n) is 1.68. The number of carbonyl (C=O) groups is 1. The van der Waals surface area contributed by atoms with Gasteiger partial charge in [-0.2, -0.15) is 0 Å². The highest BCUT2D eigenvalue weighted by atomic mass is 32.2. The number of rotatable bonds is 7. The van der Waals surface area contributed by atoms with Gasteiger partial charge in [-0.15, -0.1) is 11.3 Å². The molecule has 2 N–H and O–H groups in total. The first-order valence-corrected chi connectivity index (χ1v) is 8.31. The van der Waals surface area contributed by atoms with Gasteiger partial charge in [0.1, 0.15) is 0 Å². The van der Waals surface area contributed by atoms with Crippen LogP contribution in [0, 0.1) is 19.8 Å². The van der Waals surface area contributed by atoms with E-state index in [1.807, 2.05) is 13.8 Å². The summed E-state index contributed by atoms with van der Waals surface area (Å²) in [5.74, 6) is -0.870. The number of hydrogen-bond acceptors (Lipinski definition) is 4. The summed E-state index contributed by atoms with van der Waals surface area (Å²) in [6, 6.07) is 1.66. The second-order valence-electron chi connectivity index (χ2n) is 4.67. The van der Waals surface area contributed by atoms with Crippen molar-refractivity contribution in [2.75, 3.05) is 6.54 Å². The number of aryl methyl sites for hydroxylation is 2. The summed E-state index contributed by atoms with van der Waals surface area (Å²) >= 11 is 1.45. The molecule has 1 rings (SSSR count). The standard InChI is InChI=1S/C12H19NO4S2/c1-8(4-5-12(14)15)7-13-19(16,17)11-6-9(2)18-10(11)3/h6,8,13H,4-5,7H2,1-3H3,(H,14,15). The quantitative estimate of drug-likeness (QED) is 0.808. The van der Waals surface area contributed by atoms with Gasteiger partial charge in [-0.05, 0) is 32.3 Å². The lowest BCUT2D eigenvalue weighted by atomic mass is 10.1. The number of aliphatic carboxylic acids is 1. The summed E-state index contributed by atoms with van der Waals surface area (Å²) in [4.78, 5) is 12.5. The van der Waals surface area contributed by atoms with Crippen LogP contribution in [0.4, 0.5) is 0 Å². The molecule has 1 aromatic heterocycles. The second kappa shape index (κ2) is 6.49. The van der Waals surface area contributed by atoms with E-state index in [4.69, 9.17) is 5.11 Å². The summed E-state index contributed by atoms with van der Waals surface area (Å²) in [7, 11) is -3.49. The number of thiophene rings is 1. The van der Waals surface area contributed by atoms with Gasteiger partial charge in [0.05, 0.1) is 4.90 Å². The lowest BCUT2D eigenvalue weighted by Crippen LogP contribution is -2.28. The molecule has 1 atom stereocenters. The normalized spacial score (nSPS) is 13.4. The van der Waals surface area contributed by atoms with Gasteiger partial charge >= 0.3 is 5.97 Å². The van der Waals surface area contributed by atoms with Crippen LogP contribution >= 0.6 is 11.3 Å². The van der Waals surface area contributed by atoms with Crippen molar-refractivity contribution in [1.82, 2.24) is 4.72 Å². The zero-order valence-corrected chi connectivity index (χ0v) is 12.9. The van der Waals surface area contributed by atoms with Crippen molar-refractivity contribution in [2.45, 2.75) is 38.5 Å². The molecule has 0 bridgehead atoms. The Hall–Kier alpha value is -0.920. The Balaban J connectivity index is 2.61. The number of hydrogen-bond donors (Lipinski definition) is 2. The highest BCUT2D eigenvalue weighted by Gasteiger charge is 2.19. The van der Waals surface area contributed by atoms with E-state index in [0.717, 1.165) is 9.75 Å². The van der Waals surface area contributed by atoms with Crippen LogP contribution in [0.2, 0.25) is 0 Å². The third kappa shape index (κ3) is 4.93. The van der Waals surface area contributed by atoms with Crippen LogP contribution < -0.4 is 4.72 Å². The third-order valence-corrected chi connectivity index (χ3v) is 5.40. The molecule has 0 aliphatic rings. The van der Waals surface area contributed by atoms with Crippen molar-refractivity contribution in [3.05, 3.63) is 15.8 Å². The minimum atomic E-state index is -3.49. The Labute approximate surface area is 117 Å². The molecule has 5 nitrogen and oxygen atoms in total. The minimum absolute atomic E-state index is 0.00841. The van der Waals surface area contributed by atoms with Gasteiger partial charge in [-0.25, -0.2) is 13.1 Å². The van der Waals surface area contributed by atoms with Crippen molar-refractivity contribution in [3.63, 3.8) is 0 Å². The Kier molecular flexibility index (Phi) is 5.51. The van der Waals surface area contributed by atoms with Crippen molar-refractivity contribution in [3.8, 4) is 0 Å². The summed E-state index contributed by atoms with van der Waals surface area (Å²) in [5, 5.41) is 8.57. The van der Waals surface area contributed by atoms with Crippen LogP contribution in [0.1, 0.15) is 29.5 Å². The van der Waals surface area contributed by atoms with Gasteiger partial charge in [0.25, 0.3) is 0 Å². The second-order valence-corrected chi connectivity index (χ2v) is 7.86. The first-order valence-electron chi connectivity index (χ1n) is 6.01. The molecule has 108 valence electrons. The molecule has 1 aromatic rings. The van der Waals surface area contributed by atoms with E-state index in [2.05, 4.69) is 4.72 Å². The molecule has 7 heteroatoms. The van der Waals surface area contributed by atoms with Gasteiger partial charge in [0.15, 0.2) is 0 Å². The van der Waals surface area contributed by atoms with Gasteiger partial charge in [-0.1, -0.05) is 6.92 Å². The molecule has 0 radical (unpaired) electrons. The Morgan fingerprint density at radius 3 is 2.58 bits per heavy atom. The van der Waals surface area contributed by atoms with E-state index in [0.29, 0.717) is 11.3 Å². The zero-order valence-electron chi connectivity index (χ0n) is 11.3. The zero-order chi connectivity index (χ0) is 14.6. The van der Waals surface area contributed by atoms with Crippen molar-refractivity contribution < 1.29 is 18.3 Å². The summed E-state index contributed by atoms with van der Waals surface area (Å²) in [5.41, 5.74) is 0. The molecular formula is C12H19NO4S2. The fraction of sp³-hybridized carbons (Fsp3) is 0.583. The van der Waals surface area contributed by atoms with Crippen molar-refractivity contribution in [1.29, 1.82) is 0 Å². The molecule has 0 saturated carbocycles. The Bertz CT molecular complexity index is 548. The Morgan fingerprint density at radius 1 is 1.47 bits per heavy atom. The number of nitrogens with one attached hydrogen (secondary N) is 1. The van der Waals surface area contributed by atoms with Gasteiger partial charge in [-0.3, -0.25) is 4.79 Å². The SMILES string of the molecule is Cc1cc(S(=O)(=O)NCC(C)CCC(=O)O)c(C)s1. The van der Waals surface area contributed by atoms with Crippen LogP contribution in [0.25, 0.3) is 0 Å². The molecule has 0 amide bonds. The van der Waals surface area contributed by atoms with Gasteiger partial charge in [0.2, 0.25) is 10.0 Å². The van der Waals surface area contributed by atoms with Crippen LogP contribution in [0.3, 0.4) is 0 Å². The average molecular weight is 305 g/mol. The van der Waals surface area contributed by atoms with E-state index >= 15 is 0 Å². The highest BCUT2D eigenvalue weighted by Crippen LogP contribution is 2.24. The number of carboxylic acid groups (broad SMARTS) is 1. The third-order valence-electron chi connectivity index (χ3n) is 2.76. The molecule has 0 aliphatic heterocycles. The molecule has 0 spiro atoms. The van der Waals surface area contributed by atoms with Crippen LogP contribution in [-0.4, -0.2) is 26.0 Å². The van der Waals surface area contributed by atoms with Crippen LogP contribution in [-0.2, 0) is 14.8 Å². The predicted octanol–water partition coefficient (Wildman–Crippen LogP) is 2.14. The maximum atomic E-state index is 12.1. The van der Waals surface area contributed by atoms with Crippen molar-refractivity contribution >= 4 is 27.3 Å². The summed E-state index contributed by atoms with van der Waals surface area (Å²) < 4.78 is 26.7. The Morgan fingerprint density at radius 2 is 2.11 bits per heavy atom. The molecule has 1 unspecified atom stereocenters. The highest BCUT2D eigenvalue weighted by molar-refractivity contribution is 7.89.